The summed E-state index contributed by atoms with van der Waals surface area (Å²) in [4.78, 5) is 25.9. The van der Waals surface area contributed by atoms with Gasteiger partial charge in [-0.25, -0.2) is 9.97 Å². The van der Waals surface area contributed by atoms with E-state index < -0.39 is 0 Å². The zero-order valence-electron chi connectivity index (χ0n) is 16.7. The van der Waals surface area contributed by atoms with Gasteiger partial charge in [-0.1, -0.05) is 6.92 Å². The van der Waals surface area contributed by atoms with Gasteiger partial charge in [0, 0.05) is 38.0 Å². The summed E-state index contributed by atoms with van der Waals surface area (Å²) in [5, 5.41) is 7.50. The van der Waals surface area contributed by atoms with E-state index in [1.807, 2.05) is 11.3 Å². The van der Waals surface area contributed by atoms with Crippen molar-refractivity contribution < 1.29 is 9.53 Å². The molecule has 1 fully saturated rings. The molecular formula is C20H29N5O2S. The number of aromatic nitrogens is 2. The third-order valence-corrected chi connectivity index (χ3v) is 6.61. The number of rotatable bonds is 6. The summed E-state index contributed by atoms with van der Waals surface area (Å²) in [5.74, 6) is 2.51. The number of hydrogen-bond acceptors (Lipinski definition) is 7. The Bertz CT molecular complexity index is 847. The molecule has 1 amide bonds. The number of hydrogen-bond donors (Lipinski definition) is 2. The fourth-order valence-corrected chi connectivity index (χ4v) is 5.37. The number of carbonyl (C=O) groups excluding carboxylic acids is 1. The summed E-state index contributed by atoms with van der Waals surface area (Å²) in [6.45, 7) is 9.25. The van der Waals surface area contributed by atoms with Gasteiger partial charge in [0.1, 0.15) is 16.5 Å². The van der Waals surface area contributed by atoms with E-state index in [1.54, 1.807) is 6.92 Å². The number of nitrogens with one attached hydrogen (secondary N) is 2. The highest BCUT2D eigenvalue weighted by Crippen LogP contribution is 2.40. The normalized spacial score (nSPS) is 20.1. The molecule has 8 heteroatoms. The van der Waals surface area contributed by atoms with Crippen molar-refractivity contribution in [1.82, 2.24) is 20.2 Å². The molecule has 1 saturated heterocycles. The van der Waals surface area contributed by atoms with Crippen LogP contribution in [-0.4, -0.2) is 60.2 Å². The Labute approximate surface area is 169 Å². The molecule has 0 unspecified atom stereocenters. The topological polar surface area (TPSA) is 79.4 Å². The van der Waals surface area contributed by atoms with Gasteiger partial charge < -0.3 is 15.4 Å². The lowest BCUT2D eigenvalue weighted by molar-refractivity contribution is -0.118. The smallest absolute Gasteiger partial charge is 0.216 e. The molecule has 3 heterocycles. The Kier molecular flexibility index (Phi) is 6.08. The maximum absolute atomic E-state index is 11.1. The van der Waals surface area contributed by atoms with Gasteiger partial charge in [0.15, 0.2) is 0 Å². The first-order valence-corrected chi connectivity index (χ1v) is 11.0. The molecule has 1 aliphatic carbocycles. The first kappa shape index (κ1) is 19.5. The van der Waals surface area contributed by atoms with Crippen molar-refractivity contribution in [2.24, 2.45) is 5.92 Å². The van der Waals surface area contributed by atoms with Gasteiger partial charge in [0.05, 0.1) is 25.1 Å². The van der Waals surface area contributed by atoms with Crippen LogP contribution in [0.5, 0.6) is 0 Å². The van der Waals surface area contributed by atoms with Crippen LogP contribution >= 0.6 is 11.3 Å². The van der Waals surface area contributed by atoms with Crippen molar-refractivity contribution in [2.75, 3.05) is 44.7 Å². The number of nitrogens with zero attached hydrogens (tertiary/aromatic N) is 3. The van der Waals surface area contributed by atoms with Gasteiger partial charge in [-0.05, 0) is 30.7 Å². The number of thiophene rings is 1. The predicted octanol–water partition coefficient (Wildman–Crippen LogP) is 2.20. The third-order valence-electron chi connectivity index (χ3n) is 5.46. The standard InChI is InChI=1S/C20H29N5O2S/c1-13-3-4-15-16(11-13)28-20-18(15)19(22-6-5-21-14(2)26)23-17(24-20)12-25-7-9-27-10-8-25/h13H,3-12H2,1-2H3,(H,21,26)(H,22,23,24)/t13-/m1/s1. The van der Waals surface area contributed by atoms with Gasteiger partial charge >= 0.3 is 0 Å². The zero-order chi connectivity index (χ0) is 19.5. The summed E-state index contributed by atoms with van der Waals surface area (Å²) >= 11 is 1.83. The third kappa shape index (κ3) is 4.45. The Hall–Kier alpha value is -1.77. The van der Waals surface area contributed by atoms with Crippen molar-refractivity contribution in [1.29, 1.82) is 0 Å². The molecule has 28 heavy (non-hydrogen) atoms. The minimum atomic E-state index is -0.00968. The molecule has 2 aliphatic rings. The van der Waals surface area contributed by atoms with Crippen molar-refractivity contribution in [3.05, 3.63) is 16.3 Å². The molecule has 0 aromatic carbocycles. The monoisotopic (exact) mass is 403 g/mol. The molecule has 4 rings (SSSR count). The van der Waals surface area contributed by atoms with E-state index in [0.717, 1.165) is 68.1 Å². The molecule has 2 N–H and O–H groups in total. The second-order valence-corrected chi connectivity index (χ2v) is 8.90. The molecule has 152 valence electrons. The van der Waals surface area contributed by atoms with Crippen LogP contribution in [0.2, 0.25) is 0 Å². The molecule has 2 aromatic rings. The average molecular weight is 404 g/mol. The first-order chi connectivity index (χ1) is 13.6. The van der Waals surface area contributed by atoms with Crippen LogP contribution in [-0.2, 0) is 28.9 Å². The van der Waals surface area contributed by atoms with E-state index in [4.69, 9.17) is 14.7 Å². The van der Waals surface area contributed by atoms with Crippen LogP contribution in [0.1, 0.15) is 36.5 Å². The summed E-state index contributed by atoms with van der Waals surface area (Å²) in [5.41, 5.74) is 1.43. The van der Waals surface area contributed by atoms with E-state index >= 15 is 0 Å². The fraction of sp³-hybridized carbons (Fsp3) is 0.650. The van der Waals surface area contributed by atoms with Crippen LogP contribution in [0.3, 0.4) is 0 Å². The maximum atomic E-state index is 11.1. The van der Waals surface area contributed by atoms with E-state index in [9.17, 15) is 4.79 Å². The van der Waals surface area contributed by atoms with Gasteiger partial charge in [0.2, 0.25) is 5.91 Å². The number of amides is 1. The molecule has 7 nitrogen and oxygen atoms in total. The second-order valence-electron chi connectivity index (χ2n) is 7.82. The number of morpholine rings is 1. The average Bonchev–Trinajstić information content (AvgIpc) is 3.03. The van der Waals surface area contributed by atoms with E-state index in [-0.39, 0.29) is 5.91 Å². The minimum absolute atomic E-state index is 0.00968. The van der Waals surface area contributed by atoms with Crippen molar-refractivity contribution >= 4 is 33.3 Å². The molecule has 0 spiro atoms. The van der Waals surface area contributed by atoms with E-state index in [0.29, 0.717) is 13.1 Å². The molecule has 0 bridgehead atoms. The highest BCUT2D eigenvalue weighted by molar-refractivity contribution is 7.19. The quantitative estimate of drug-likeness (QED) is 0.720. The first-order valence-electron chi connectivity index (χ1n) is 10.2. The van der Waals surface area contributed by atoms with Gasteiger partial charge in [-0.3, -0.25) is 9.69 Å². The summed E-state index contributed by atoms with van der Waals surface area (Å²) in [6.07, 6.45) is 3.46. The number of fused-ring (bicyclic) bond motifs is 3. The van der Waals surface area contributed by atoms with Crippen LogP contribution in [0.4, 0.5) is 5.82 Å². The summed E-state index contributed by atoms with van der Waals surface area (Å²) in [7, 11) is 0. The molecule has 1 atom stereocenters. The van der Waals surface area contributed by atoms with Crippen LogP contribution in [0.25, 0.3) is 10.2 Å². The SMILES string of the molecule is CC(=O)NCCNc1nc(CN2CCOCC2)nc2sc3c(c12)CC[C@@H](C)C3. The molecular weight excluding hydrogens is 374 g/mol. The molecule has 0 saturated carbocycles. The lowest BCUT2D eigenvalue weighted by Crippen LogP contribution is -2.36. The highest BCUT2D eigenvalue weighted by Gasteiger charge is 2.24. The lowest BCUT2D eigenvalue weighted by Gasteiger charge is -2.26. The zero-order valence-corrected chi connectivity index (χ0v) is 17.5. The van der Waals surface area contributed by atoms with Crippen LogP contribution < -0.4 is 10.6 Å². The van der Waals surface area contributed by atoms with Crippen molar-refractivity contribution in [3.63, 3.8) is 0 Å². The molecule has 1 aliphatic heterocycles. The largest absolute Gasteiger partial charge is 0.379 e. The summed E-state index contributed by atoms with van der Waals surface area (Å²) in [6, 6.07) is 0. The van der Waals surface area contributed by atoms with Gasteiger partial charge in [-0.2, -0.15) is 0 Å². The van der Waals surface area contributed by atoms with Crippen molar-refractivity contribution in [3.8, 4) is 0 Å². The number of ether oxygens (including phenoxy) is 1. The summed E-state index contributed by atoms with van der Waals surface area (Å²) < 4.78 is 5.45. The Morgan fingerprint density at radius 2 is 2.11 bits per heavy atom. The van der Waals surface area contributed by atoms with Gasteiger partial charge in [-0.15, -0.1) is 11.3 Å². The van der Waals surface area contributed by atoms with Crippen LogP contribution in [0, 0.1) is 5.92 Å². The maximum Gasteiger partial charge on any atom is 0.216 e. The minimum Gasteiger partial charge on any atom is -0.379 e. The predicted molar refractivity (Wildman–Crippen MR) is 112 cm³/mol. The Morgan fingerprint density at radius 3 is 2.89 bits per heavy atom. The lowest BCUT2D eigenvalue weighted by atomic mass is 9.89. The van der Waals surface area contributed by atoms with Crippen molar-refractivity contribution in [2.45, 2.75) is 39.7 Å². The van der Waals surface area contributed by atoms with Gasteiger partial charge in [0.25, 0.3) is 0 Å². The number of aryl methyl sites for hydroxylation is 1. The molecule has 2 aromatic heterocycles. The Balaban J connectivity index is 1.62. The fourth-order valence-electron chi connectivity index (χ4n) is 3.96. The number of anilines is 1. The highest BCUT2D eigenvalue weighted by atomic mass is 32.1. The van der Waals surface area contributed by atoms with E-state index in [2.05, 4.69) is 22.5 Å². The van der Waals surface area contributed by atoms with Crippen LogP contribution in [0.15, 0.2) is 0 Å². The Morgan fingerprint density at radius 1 is 1.29 bits per heavy atom. The van der Waals surface area contributed by atoms with E-state index in [1.165, 1.54) is 22.2 Å². The second kappa shape index (κ2) is 8.71. The number of carbonyl (C=O) groups is 1. The molecule has 0 radical (unpaired) electrons.